The Morgan fingerprint density at radius 3 is 1.79 bits per heavy atom. The number of hydrazone groups is 2. The molecule has 10 nitrogen and oxygen atoms in total. The molecular formula is C24H21Cl2N5O5S2. The molecule has 0 unspecified atom stereocenters. The summed E-state index contributed by atoms with van der Waals surface area (Å²) in [6.07, 6.45) is -1.18. The Morgan fingerprint density at radius 2 is 1.29 bits per heavy atom. The van der Waals surface area contributed by atoms with Gasteiger partial charge in [-0.1, -0.05) is 64.7 Å². The minimum atomic E-state index is -4.13. The van der Waals surface area contributed by atoms with Crippen LogP contribution in [-0.2, 0) is 24.8 Å². The van der Waals surface area contributed by atoms with Crippen LogP contribution in [0, 0.1) is 19.3 Å². The highest BCUT2D eigenvalue weighted by molar-refractivity contribution is 7.89. The Bertz CT molecular complexity index is 1670. The standard InChI is InChI=1S/C24H21Cl2N5O5S2/c1-14-3-8-17(9-4-14)37(32,33)30-28-21-22(29-31-38(34,35)18-10-5-15(2)6-11-18)24(27)36-23(21)19-12-7-16(25)13-20(19)26/h3-13,23,27,30-31H,1-2H3/b27-24?,28-21?,29-22+/t23-/m0/s1. The molecule has 38 heavy (non-hydrogen) atoms. The van der Waals surface area contributed by atoms with Crippen molar-refractivity contribution in [1.29, 1.82) is 5.41 Å². The maximum atomic E-state index is 12.9. The van der Waals surface area contributed by atoms with Crippen LogP contribution in [0.1, 0.15) is 22.8 Å². The fraction of sp³-hybridized carbons (Fsp3) is 0.125. The average Bonchev–Trinajstić information content (AvgIpc) is 3.17. The molecule has 14 heteroatoms. The van der Waals surface area contributed by atoms with Crippen LogP contribution in [0.3, 0.4) is 0 Å². The average molecular weight is 595 g/mol. The van der Waals surface area contributed by atoms with Crippen molar-refractivity contribution in [3.05, 3.63) is 93.5 Å². The van der Waals surface area contributed by atoms with Gasteiger partial charge >= 0.3 is 0 Å². The van der Waals surface area contributed by atoms with E-state index in [1.54, 1.807) is 24.3 Å². The lowest BCUT2D eigenvalue weighted by Gasteiger charge is -2.13. The normalized spacial score (nSPS) is 18.0. The van der Waals surface area contributed by atoms with Crippen LogP contribution in [0.25, 0.3) is 0 Å². The first-order valence-electron chi connectivity index (χ1n) is 10.9. The number of benzene rings is 3. The van der Waals surface area contributed by atoms with Crippen molar-refractivity contribution in [2.75, 3.05) is 0 Å². The van der Waals surface area contributed by atoms with E-state index in [2.05, 4.69) is 19.9 Å². The summed E-state index contributed by atoms with van der Waals surface area (Å²) < 4.78 is 56.9. The van der Waals surface area contributed by atoms with Crippen LogP contribution in [0.2, 0.25) is 10.0 Å². The zero-order valence-corrected chi connectivity index (χ0v) is 23.1. The number of halogens is 2. The lowest BCUT2D eigenvalue weighted by atomic mass is 10.0. The predicted molar refractivity (Wildman–Crippen MR) is 146 cm³/mol. The summed E-state index contributed by atoms with van der Waals surface area (Å²) in [5, 5.41) is 16.6. The number of sulfonamides is 2. The number of nitrogens with zero attached hydrogens (tertiary/aromatic N) is 2. The van der Waals surface area contributed by atoms with Crippen molar-refractivity contribution in [2.45, 2.75) is 29.7 Å². The molecule has 0 amide bonds. The molecule has 1 heterocycles. The molecule has 0 spiro atoms. The number of hydrogen-bond donors (Lipinski definition) is 3. The fourth-order valence-electron chi connectivity index (χ4n) is 3.37. The lowest BCUT2D eigenvalue weighted by molar-refractivity contribution is 0.274. The molecule has 4 rings (SSSR count). The monoisotopic (exact) mass is 593 g/mol. The maximum absolute atomic E-state index is 12.9. The number of aryl methyl sites for hydroxylation is 2. The summed E-state index contributed by atoms with van der Waals surface area (Å²) in [5.74, 6) is -0.555. The Morgan fingerprint density at radius 1 is 0.789 bits per heavy atom. The molecule has 3 aromatic rings. The molecular weight excluding hydrogens is 573 g/mol. The summed E-state index contributed by atoms with van der Waals surface area (Å²) in [5.41, 5.74) is 1.49. The maximum Gasteiger partial charge on any atom is 0.276 e. The van der Waals surface area contributed by atoms with E-state index < -0.39 is 32.0 Å². The molecule has 3 aromatic carbocycles. The second-order valence-corrected chi connectivity index (χ2v) is 12.4. The SMILES string of the molecule is Cc1ccc(S(=O)(=O)NN=C2/C(=N\NS(=O)(=O)c3ccc(C)cc3)C(=N)O[C@H]2c2ccc(Cl)cc2Cl)cc1. The molecule has 1 atom stereocenters. The Hall–Kier alpha value is -3.45. The Balaban J connectivity index is 1.75. The van der Waals surface area contributed by atoms with Gasteiger partial charge in [0, 0.05) is 15.6 Å². The van der Waals surface area contributed by atoms with Crippen LogP contribution >= 0.6 is 23.2 Å². The summed E-state index contributed by atoms with van der Waals surface area (Å²) in [6.45, 7) is 3.62. The second-order valence-electron chi connectivity index (χ2n) is 8.27. The van der Waals surface area contributed by atoms with Crippen molar-refractivity contribution in [1.82, 2.24) is 9.66 Å². The van der Waals surface area contributed by atoms with Gasteiger partial charge in [0.05, 0.1) is 9.79 Å². The van der Waals surface area contributed by atoms with Crippen LogP contribution in [-0.4, -0.2) is 34.2 Å². The van der Waals surface area contributed by atoms with Gasteiger partial charge in [0.15, 0.2) is 11.8 Å². The van der Waals surface area contributed by atoms with E-state index in [1.165, 1.54) is 42.5 Å². The Labute approximate surface area is 229 Å². The molecule has 0 saturated carbocycles. The summed E-state index contributed by atoms with van der Waals surface area (Å²) >= 11 is 12.3. The third-order valence-corrected chi connectivity index (χ3v) is 8.42. The first-order chi connectivity index (χ1) is 17.9. The molecule has 0 aromatic heterocycles. The van der Waals surface area contributed by atoms with Gasteiger partial charge in [-0.3, -0.25) is 5.41 Å². The highest BCUT2D eigenvalue weighted by Crippen LogP contribution is 2.33. The summed E-state index contributed by atoms with van der Waals surface area (Å²) in [7, 11) is -8.25. The first kappa shape index (κ1) is 27.6. The lowest BCUT2D eigenvalue weighted by Crippen LogP contribution is -2.28. The predicted octanol–water partition coefficient (Wildman–Crippen LogP) is 4.33. The highest BCUT2D eigenvalue weighted by atomic mass is 35.5. The molecule has 1 aliphatic heterocycles. The van der Waals surface area contributed by atoms with Gasteiger partial charge in [-0.05, 0) is 50.2 Å². The van der Waals surface area contributed by atoms with E-state index in [4.69, 9.17) is 33.3 Å². The number of rotatable bonds is 7. The summed E-state index contributed by atoms with van der Waals surface area (Å²) in [4.78, 5) is 4.05. The van der Waals surface area contributed by atoms with E-state index in [9.17, 15) is 16.8 Å². The molecule has 0 radical (unpaired) electrons. The zero-order chi connectivity index (χ0) is 27.7. The van der Waals surface area contributed by atoms with E-state index in [1.807, 2.05) is 13.8 Å². The van der Waals surface area contributed by atoms with Crippen LogP contribution in [0.4, 0.5) is 0 Å². The molecule has 1 fully saturated rings. The van der Waals surface area contributed by atoms with Crippen molar-refractivity contribution < 1.29 is 21.6 Å². The van der Waals surface area contributed by atoms with Crippen molar-refractivity contribution in [2.24, 2.45) is 10.2 Å². The quantitative estimate of drug-likeness (QED) is 0.348. The molecule has 0 bridgehead atoms. The van der Waals surface area contributed by atoms with Crippen molar-refractivity contribution >= 4 is 60.6 Å². The van der Waals surface area contributed by atoms with Gasteiger partial charge in [0.25, 0.3) is 20.0 Å². The highest BCUT2D eigenvalue weighted by Gasteiger charge is 2.39. The fourth-order valence-corrected chi connectivity index (χ4v) is 5.51. The first-order valence-corrected chi connectivity index (χ1v) is 14.6. The topological polar surface area (TPSA) is 150 Å². The van der Waals surface area contributed by atoms with Gasteiger partial charge in [0.2, 0.25) is 5.90 Å². The number of ether oxygens (including phenoxy) is 1. The van der Waals surface area contributed by atoms with Crippen molar-refractivity contribution in [3.63, 3.8) is 0 Å². The molecule has 1 aliphatic rings. The zero-order valence-electron chi connectivity index (χ0n) is 19.9. The third-order valence-electron chi connectivity index (χ3n) is 5.41. The van der Waals surface area contributed by atoms with E-state index in [0.717, 1.165) is 11.1 Å². The second kappa shape index (κ2) is 10.7. The van der Waals surface area contributed by atoms with E-state index in [0.29, 0.717) is 10.6 Å². The molecule has 0 aliphatic carbocycles. The van der Waals surface area contributed by atoms with Gasteiger partial charge in [-0.15, -0.1) is 0 Å². The van der Waals surface area contributed by atoms with Gasteiger partial charge < -0.3 is 4.74 Å². The summed E-state index contributed by atoms with van der Waals surface area (Å²) in [6, 6.07) is 16.6. The van der Waals surface area contributed by atoms with Crippen molar-refractivity contribution in [3.8, 4) is 0 Å². The minimum absolute atomic E-state index is 0.0546. The number of nitrogens with one attached hydrogen (secondary N) is 3. The van der Waals surface area contributed by atoms with Gasteiger partial charge in [0.1, 0.15) is 5.71 Å². The third kappa shape index (κ3) is 5.99. The number of hydrogen-bond acceptors (Lipinski definition) is 8. The molecule has 1 saturated heterocycles. The van der Waals surface area contributed by atoms with Crippen LogP contribution in [0.15, 0.2) is 86.7 Å². The van der Waals surface area contributed by atoms with Crippen LogP contribution in [0.5, 0.6) is 0 Å². The van der Waals surface area contributed by atoms with E-state index in [-0.39, 0.29) is 26.2 Å². The molecule has 198 valence electrons. The van der Waals surface area contributed by atoms with Gasteiger partial charge in [-0.25, -0.2) is 0 Å². The smallest absolute Gasteiger partial charge is 0.276 e. The van der Waals surface area contributed by atoms with Gasteiger partial charge in [-0.2, -0.15) is 36.7 Å². The van der Waals surface area contributed by atoms with Crippen LogP contribution < -0.4 is 9.66 Å². The van der Waals surface area contributed by atoms with E-state index >= 15 is 0 Å². The molecule has 3 N–H and O–H groups in total. The largest absolute Gasteiger partial charge is 0.461 e. The Kier molecular flexibility index (Phi) is 7.79. The minimum Gasteiger partial charge on any atom is -0.461 e.